The molecule has 24 heavy (non-hydrogen) atoms. The number of hydrogen-bond acceptors (Lipinski definition) is 3. The summed E-state index contributed by atoms with van der Waals surface area (Å²) in [7, 11) is 0. The zero-order valence-corrected chi connectivity index (χ0v) is 13.9. The van der Waals surface area contributed by atoms with E-state index in [1.165, 1.54) is 37.8 Å². The standard InChI is InChI=1S/C20H24FNO2/c1-2-3-14-4-6-15(7-5-14)18-12-23-20(24-13-18)16-8-9-17(11-22)19(21)10-16/h2,8-10,14-15,18,20H,1,3-7,12-13H2/t14-,15-,18-,20-. The molecule has 1 aliphatic carbocycles. The summed E-state index contributed by atoms with van der Waals surface area (Å²) in [5.41, 5.74) is 0.684. The van der Waals surface area contributed by atoms with Gasteiger partial charge in [0.1, 0.15) is 11.9 Å². The van der Waals surface area contributed by atoms with E-state index in [1.807, 2.05) is 12.1 Å². The maximum absolute atomic E-state index is 13.7. The average Bonchev–Trinajstić information content (AvgIpc) is 2.63. The minimum atomic E-state index is -0.527. The maximum Gasteiger partial charge on any atom is 0.183 e. The zero-order chi connectivity index (χ0) is 16.9. The molecule has 0 radical (unpaired) electrons. The lowest BCUT2D eigenvalue weighted by Crippen LogP contribution is -2.34. The van der Waals surface area contributed by atoms with E-state index in [2.05, 4.69) is 6.58 Å². The third-order valence-corrected chi connectivity index (χ3v) is 5.37. The van der Waals surface area contributed by atoms with Gasteiger partial charge in [-0.15, -0.1) is 6.58 Å². The highest BCUT2D eigenvalue weighted by Gasteiger charge is 2.32. The van der Waals surface area contributed by atoms with Gasteiger partial charge in [0.25, 0.3) is 0 Å². The Morgan fingerprint density at radius 3 is 2.46 bits per heavy atom. The first-order valence-electron chi connectivity index (χ1n) is 8.75. The van der Waals surface area contributed by atoms with Gasteiger partial charge in [-0.3, -0.25) is 0 Å². The molecule has 0 aromatic heterocycles. The lowest BCUT2D eigenvalue weighted by molar-refractivity contribution is -0.214. The van der Waals surface area contributed by atoms with Gasteiger partial charge >= 0.3 is 0 Å². The minimum Gasteiger partial charge on any atom is -0.348 e. The van der Waals surface area contributed by atoms with Crippen molar-refractivity contribution in [1.29, 1.82) is 5.26 Å². The van der Waals surface area contributed by atoms with Crippen LogP contribution in [0.3, 0.4) is 0 Å². The summed E-state index contributed by atoms with van der Waals surface area (Å²) in [6.45, 7) is 5.14. The molecule has 3 nitrogen and oxygen atoms in total. The Hall–Kier alpha value is -1.70. The van der Waals surface area contributed by atoms with Crippen LogP contribution in [0.2, 0.25) is 0 Å². The number of hydrogen-bond donors (Lipinski definition) is 0. The van der Waals surface area contributed by atoms with Crippen LogP contribution in [0.4, 0.5) is 4.39 Å². The molecule has 2 aliphatic rings. The molecule has 1 saturated heterocycles. The van der Waals surface area contributed by atoms with Crippen LogP contribution in [0.25, 0.3) is 0 Å². The van der Waals surface area contributed by atoms with Crippen LogP contribution in [0, 0.1) is 34.9 Å². The fraction of sp³-hybridized carbons (Fsp3) is 0.550. The molecule has 128 valence electrons. The van der Waals surface area contributed by atoms with Crippen molar-refractivity contribution in [3.8, 4) is 6.07 Å². The largest absolute Gasteiger partial charge is 0.348 e. The van der Waals surface area contributed by atoms with E-state index in [0.29, 0.717) is 30.6 Å². The fourth-order valence-electron chi connectivity index (χ4n) is 3.88. The second kappa shape index (κ2) is 7.92. The van der Waals surface area contributed by atoms with Crippen LogP contribution in [-0.2, 0) is 9.47 Å². The molecule has 4 heteroatoms. The summed E-state index contributed by atoms with van der Waals surface area (Å²) in [6.07, 6.45) is 7.60. The van der Waals surface area contributed by atoms with Gasteiger partial charge in [0.15, 0.2) is 6.29 Å². The third kappa shape index (κ3) is 3.85. The van der Waals surface area contributed by atoms with Crippen molar-refractivity contribution in [3.63, 3.8) is 0 Å². The molecule has 1 aromatic rings. The van der Waals surface area contributed by atoms with Crippen LogP contribution in [0.5, 0.6) is 0 Å². The average molecular weight is 329 g/mol. The van der Waals surface area contributed by atoms with E-state index in [-0.39, 0.29) is 5.56 Å². The smallest absolute Gasteiger partial charge is 0.183 e. The van der Waals surface area contributed by atoms with Gasteiger partial charge in [-0.05, 0) is 56.1 Å². The molecular weight excluding hydrogens is 305 g/mol. The summed E-state index contributed by atoms with van der Waals surface area (Å²) >= 11 is 0. The lowest BCUT2D eigenvalue weighted by Gasteiger charge is -2.37. The number of benzene rings is 1. The van der Waals surface area contributed by atoms with Gasteiger partial charge in [0, 0.05) is 11.5 Å². The van der Waals surface area contributed by atoms with Crippen LogP contribution < -0.4 is 0 Å². The monoisotopic (exact) mass is 329 g/mol. The Morgan fingerprint density at radius 1 is 1.17 bits per heavy atom. The van der Waals surface area contributed by atoms with Crippen molar-refractivity contribution in [2.24, 2.45) is 17.8 Å². The van der Waals surface area contributed by atoms with Crippen molar-refractivity contribution in [2.75, 3.05) is 13.2 Å². The number of ether oxygens (including phenoxy) is 2. The van der Waals surface area contributed by atoms with Crippen LogP contribution in [0.15, 0.2) is 30.9 Å². The molecule has 0 amide bonds. The first-order chi connectivity index (χ1) is 11.7. The molecular formula is C20H24FNO2. The van der Waals surface area contributed by atoms with Gasteiger partial charge in [0.2, 0.25) is 0 Å². The second-order valence-corrected chi connectivity index (χ2v) is 6.91. The maximum atomic E-state index is 13.7. The highest BCUT2D eigenvalue weighted by atomic mass is 19.1. The Labute approximate surface area is 143 Å². The van der Waals surface area contributed by atoms with E-state index < -0.39 is 12.1 Å². The molecule has 2 fully saturated rings. The molecule has 0 atom stereocenters. The van der Waals surface area contributed by atoms with Crippen molar-refractivity contribution in [1.82, 2.24) is 0 Å². The van der Waals surface area contributed by atoms with E-state index in [4.69, 9.17) is 14.7 Å². The summed E-state index contributed by atoms with van der Waals surface area (Å²) in [6, 6.07) is 6.34. The Kier molecular flexibility index (Phi) is 5.65. The summed E-state index contributed by atoms with van der Waals surface area (Å²) in [4.78, 5) is 0. The fourth-order valence-corrected chi connectivity index (χ4v) is 3.88. The number of nitriles is 1. The molecule has 1 heterocycles. The number of nitrogens with zero attached hydrogens (tertiary/aromatic N) is 1. The summed E-state index contributed by atoms with van der Waals surface area (Å²) in [5, 5.41) is 8.79. The number of allylic oxidation sites excluding steroid dienone is 1. The van der Waals surface area contributed by atoms with E-state index in [9.17, 15) is 4.39 Å². The molecule has 0 bridgehead atoms. The third-order valence-electron chi connectivity index (χ3n) is 5.37. The summed E-state index contributed by atoms with van der Waals surface area (Å²) in [5.74, 6) is 1.35. The number of rotatable bonds is 4. The van der Waals surface area contributed by atoms with E-state index in [0.717, 1.165) is 12.3 Å². The topological polar surface area (TPSA) is 42.2 Å². The molecule has 0 unspecified atom stereocenters. The predicted molar refractivity (Wildman–Crippen MR) is 89.5 cm³/mol. The predicted octanol–water partition coefficient (Wildman–Crippen LogP) is 4.74. The lowest BCUT2D eigenvalue weighted by atomic mass is 9.75. The van der Waals surface area contributed by atoms with Gasteiger partial charge in [-0.2, -0.15) is 5.26 Å². The Balaban J connectivity index is 1.52. The molecule has 3 rings (SSSR count). The minimum absolute atomic E-state index is 0.0451. The molecule has 0 N–H and O–H groups in total. The van der Waals surface area contributed by atoms with Crippen LogP contribution in [0.1, 0.15) is 49.5 Å². The highest BCUT2D eigenvalue weighted by molar-refractivity contribution is 5.33. The van der Waals surface area contributed by atoms with Gasteiger partial charge in [0.05, 0.1) is 18.8 Å². The quantitative estimate of drug-likeness (QED) is 0.749. The van der Waals surface area contributed by atoms with Crippen LogP contribution in [-0.4, -0.2) is 13.2 Å². The van der Waals surface area contributed by atoms with Crippen molar-refractivity contribution >= 4 is 0 Å². The van der Waals surface area contributed by atoms with Crippen LogP contribution >= 0.6 is 0 Å². The van der Waals surface area contributed by atoms with Crippen molar-refractivity contribution in [2.45, 2.75) is 38.4 Å². The van der Waals surface area contributed by atoms with Crippen molar-refractivity contribution in [3.05, 3.63) is 47.8 Å². The van der Waals surface area contributed by atoms with Gasteiger partial charge in [-0.1, -0.05) is 12.1 Å². The SMILES string of the molecule is C=CC[C@H]1CC[C@H]([C@H]2CO[C@H](c3ccc(C#N)c(F)c3)OC2)CC1. The second-order valence-electron chi connectivity index (χ2n) is 6.91. The van der Waals surface area contributed by atoms with E-state index >= 15 is 0 Å². The Morgan fingerprint density at radius 2 is 1.88 bits per heavy atom. The van der Waals surface area contributed by atoms with Gasteiger partial charge < -0.3 is 9.47 Å². The molecule has 0 spiro atoms. The normalized spacial score (nSPS) is 30.5. The first-order valence-corrected chi connectivity index (χ1v) is 8.75. The number of halogens is 1. The van der Waals surface area contributed by atoms with Crippen molar-refractivity contribution < 1.29 is 13.9 Å². The Bertz CT molecular complexity index is 609. The molecule has 1 saturated carbocycles. The highest BCUT2D eigenvalue weighted by Crippen LogP contribution is 2.38. The van der Waals surface area contributed by atoms with Gasteiger partial charge in [-0.25, -0.2) is 4.39 Å². The molecule has 1 aromatic carbocycles. The van der Waals surface area contributed by atoms with E-state index in [1.54, 1.807) is 6.07 Å². The summed E-state index contributed by atoms with van der Waals surface area (Å²) < 4.78 is 25.4. The zero-order valence-electron chi connectivity index (χ0n) is 13.9. The first kappa shape index (κ1) is 17.1. The molecule has 1 aliphatic heterocycles.